The Hall–Kier alpha value is -1.73. The topological polar surface area (TPSA) is 29.5 Å². The van der Waals surface area contributed by atoms with E-state index in [0.29, 0.717) is 26.9 Å². The number of hydrogen-bond acceptors (Lipinski definition) is 2. The Bertz CT molecular complexity index is 685. The van der Waals surface area contributed by atoms with Gasteiger partial charge in [-0.2, -0.15) is 0 Å². The molecule has 0 saturated heterocycles. The van der Waals surface area contributed by atoms with Crippen LogP contribution in [0.15, 0.2) is 36.4 Å². The molecule has 108 valence electrons. The van der Waals surface area contributed by atoms with Crippen molar-refractivity contribution in [2.24, 2.45) is 0 Å². The Morgan fingerprint density at radius 1 is 1.14 bits per heavy atom. The van der Waals surface area contributed by atoms with Crippen molar-refractivity contribution >= 4 is 23.2 Å². The fraction of sp³-hybridized carbons (Fsp3) is 0.125. The van der Waals surface area contributed by atoms with Gasteiger partial charge < -0.3 is 9.84 Å². The van der Waals surface area contributed by atoms with Crippen molar-refractivity contribution in [3.8, 4) is 17.6 Å². The molecule has 0 unspecified atom stereocenters. The molecule has 0 fully saturated rings. The SMILES string of the molecule is OCC#Cc1cc(F)ccc1OCc1c(Cl)cccc1Cl. The Morgan fingerprint density at radius 3 is 2.52 bits per heavy atom. The first kappa shape index (κ1) is 15.7. The molecule has 0 amide bonds. The Morgan fingerprint density at radius 2 is 1.86 bits per heavy atom. The second kappa shape index (κ2) is 7.33. The summed E-state index contributed by atoms with van der Waals surface area (Å²) in [6.45, 7) is -0.176. The highest BCUT2D eigenvalue weighted by Crippen LogP contribution is 2.27. The summed E-state index contributed by atoms with van der Waals surface area (Å²) in [5.74, 6) is 5.06. The molecule has 2 nitrogen and oxygen atoms in total. The van der Waals surface area contributed by atoms with E-state index < -0.39 is 5.82 Å². The van der Waals surface area contributed by atoms with Crippen LogP contribution in [0.2, 0.25) is 10.0 Å². The third-order valence-corrected chi connectivity index (χ3v) is 3.39. The molecule has 0 aliphatic heterocycles. The van der Waals surface area contributed by atoms with Gasteiger partial charge in [0.15, 0.2) is 0 Å². The van der Waals surface area contributed by atoms with Gasteiger partial charge in [-0.05, 0) is 30.3 Å². The van der Waals surface area contributed by atoms with Crippen molar-refractivity contribution in [1.29, 1.82) is 0 Å². The molecule has 0 atom stereocenters. The van der Waals surface area contributed by atoms with Gasteiger partial charge in [0.05, 0.1) is 5.56 Å². The van der Waals surface area contributed by atoms with Crippen LogP contribution < -0.4 is 4.74 Å². The molecule has 0 aromatic heterocycles. The second-order valence-corrected chi connectivity index (χ2v) is 4.90. The summed E-state index contributed by atoms with van der Waals surface area (Å²) in [6, 6.07) is 9.15. The number of ether oxygens (including phenoxy) is 1. The van der Waals surface area contributed by atoms with Crippen molar-refractivity contribution in [3.63, 3.8) is 0 Å². The monoisotopic (exact) mass is 324 g/mol. The lowest BCUT2D eigenvalue weighted by Crippen LogP contribution is -1.99. The lowest BCUT2D eigenvalue weighted by Gasteiger charge is -2.11. The Balaban J connectivity index is 2.24. The predicted octanol–water partition coefficient (Wildman–Crippen LogP) is 4.06. The van der Waals surface area contributed by atoms with Crippen LogP contribution in [0, 0.1) is 17.7 Å². The van der Waals surface area contributed by atoms with E-state index in [9.17, 15) is 4.39 Å². The number of aliphatic hydroxyl groups is 1. The first-order chi connectivity index (χ1) is 10.1. The van der Waals surface area contributed by atoms with Crippen molar-refractivity contribution in [1.82, 2.24) is 0 Å². The highest BCUT2D eigenvalue weighted by molar-refractivity contribution is 6.35. The van der Waals surface area contributed by atoms with Crippen LogP contribution in [-0.4, -0.2) is 11.7 Å². The quantitative estimate of drug-likeness (QED) is 0.863. The maximum Gasteiger partial charge on any atom is 0.135 e. The lowest BCUT2D eigenvalue weighted by molar-refractivity contribution is 0.305. The van der Waals surface area contributed by atoms with Crippen LogP contribution in [0.25, 0.3) is 0 Å². The number of halogens is 3. The zero-order valence-corrected chi connectivity index (χ0v) is 12.4. The minimum Gasteiger partial charge on any atom is -0.487 e. The zero-order chi connectivity index (χ0) is 15.2. The van der Waals surface area contributed by atoms with Gasteiger partial charge >= 0.3 is 0 Å². The fourth-order valence-electron chi connectivity index (χ4n) is 1.68. The van der Waals surface area contributed by atoms with Gasteiger partial charge in [-0.3, -0.25) is 0 Å². The predicted molar refractivity (Wildman–Crippen MR) is 81.2 cm³/mol. The number of aliphatic hydroxyl groups excluding tert-OH is 1. The van der Waals surface area contributed by atoms with E-state index in [0.717, 1.165) is 0 Å². The molecule has 0 aliphatic carbocycles. The van der Waals surface area contributed by atoms with E-state index in [4.69, 9.17) is 33.0 Å². The standard InChI is InChI=1S/C16H11Cl2FO2/c17-14-4-1-5-15(18)13(14)10-21-16-7-6-12(19)9-11(16)3-2-8-20/h1,4-7,9,20H,8,10H2. The summed E-state index contributed by atoms with van der Waals surface area (Å²) in [5, 5.41) is 9.71. The summed E-state index contributed by atoms with van der Waals surface area (Å²) in [6.07, 6.45) is 0. The summed E-state index contributed by atoms with van der Waals surface area (Å²) in [7, 11) is 0. The summed E-state index contributed by atoms with van der Waals surface area (Å²) in [4.78, 5) is 0. The van der Waals surface area contributed by atoms with Gasteiger partial charge in [0.1, 0.15) is 24.8 Å². The zero-order valence-electron chi connectivity index (χ0n) is 10.9. The molecule has 0 heterocycles. The normalized spacial score (nSPS) is 9.90. The smallest absolute Gasteiger partial charge is 0.135 e. The minimum atomic E-state index is -0.430. The van der Waals surface area contributed by atoms with Gasteiger partial charge in [-0.1, -0.05) is 41.1 Å². The molecule has 0 radical (unpaired) electrons. The van der Waals surface area contributed by atoms with E-state index in [1.807, 2.05) is 0 Å². The van der Waals surface area contributed by atoms with Crippen LogP contribution in [0.1, 0.15) is 11.1 Å². The number of rotatable bonds is 3. The molecule has 21 heavy (non-hydrogen) atoms. The first-order valence-corrected chi connectivity index (χ1v) is 6.82. The van der Waals surface area contributed by atoms with Gasteiger partial charge in [0.25, 0.3) is 0 Å². The third kappa shape index (κ3) is 4.12. The van der Waals surface area contributed by atoms with E-state index in [2.05, 4.69) is 11.8 Å². The average molecular weight is 325 g/mol. The molecule has 2 aromatic carbocycles. The molecule has 0 spiro atoms. The highest BCUT2D eigenvalue weighted by atomic mass is 35.5. The van der Waals surface area contributed by atoms with Gasteiger partial charge in [-0.15, -0.1) is 0 Å². The molecule has 1 N–H and O–H groups in total. The molecular formula is C16H11Cl2FO2. The van der Waals surface area contributed by atoms with E-state index >= 15 is 0 Å². The Labute approximate surface area is 132 Å². The lowest BCUT2D eigenvalue weighted by atomic mass is 10.2. The maximum absolute atomic E-state index is 13.2. The second-order valence-electron chi connectivity index (χ2n) is 4.09. The average Bonchev–Trinajstić information content (AvgIpc) is 2.46. The van der Waals surface area contributed by atoms with Crippen LogP contribution in [0.3, 0.4) is 0 Å². The molecular weight excluding hydrogens is 314 g/mol. The first-order valence-electron chi connectivity index (χ1n) is 6.07. The fourth-order valence-corrected chi connectivity index (χ4v) is 2.19. The van der Waals surface area contributed by atoms with Crippen molar-refractivity contribution in [3.05, 3.63) is 63.4 Å². The number of benzene rings is 2. The molecule has 5 heteroatoms. The summed E-state index contributed by atoms with van der Waals surface area (Å²) in [5.41, 5.74) is 0.999. The Kier molecular flexibility index (Phi) is 5.46. The summed E-state index contributed by atoms with van der Waals surface area (Å²) < 4.78 is 18.9. The van der Waals surface area contributed by atoms with Gasteiger partial charge in [-0.25, -0.2) is 4.39 Å². The maximum atomic E-state index is 13.2. The molecule has 2 aromatic rings. The summed E-state index contributed by atoms with van der Waals surface area (Å²) >= 11 is 12.1. The molecule has 2 rings (SSSR count). The number of hydrogen-bond donors (Lipinski definition) is 1. The van der Waals surface area contributed by atoms with Crippen LogP contribution >= 0.6 is 23.2 Å². The minimum absolute atomic E-state index is 0.137. The van der Waals surface area contributed by atoms with Crippen LogP contribution in [0.5, 0.6) is 5.75 Å². The van der Waals surface area contributed by atoms with E-state index in [1.54, 1.807) is 18.2 Å². The van der Waals surface area contributed by atoms with Crippen molar-refractivity contribution in [2.45, 2.75) is 6.61 Å². The van der Waals surface area contributed by atoms with E-state index in [1.165, 1.54) is 18.2 Å². The van der Waals surface area contributed by atoms with Crippen molar-refractivity contribution < 1.29 is 14.2 Å². The molecule has 0 saturated carbocycles. The van der Waals surface area contributed by atoms with E-state index in [-0.39, 0.29) is 13.2 Å². The van der Waals surface area contributed by atoms with Crippen molar-refractivity contribution in [2.75, 3.05) is 6.61 Å². The van der Waals surface area contributed by atoms with Gasteiger partial charge in [0.2, 0.25) is 0 Å². The largest absolute Gasteiger partial charge is 0.487 e. The third-order valence-electron chi connectivity index (χ3n) is 2.68. The van der Waals surface area contributed by atoms with Gasteiger partial charge in [0, 0.05) is 15.6 Å². The molecule has 0 aliphatic rings. The molecule has 0 bridgehead atoms. The highest BCUT2D eigenvalue weighted by Gasteiger charge is 2.08. The van der Waals surface area contributed by atoms with Crippen LogP contribution in [0.4, 0.5) is 4.39 Å². The van der Waals surface area contributed by atoms with Crippen LogP contribution in [-0.2, 0) is 6.61 Å².